The summed E-state index contributed by atoms with van der Waals surface area (Å²) in [6, 6.07) is 15.1. The minimum Gasteiger partial charge on any atom is -0.494 e. The molecule has 0 atom stereocenters. The third kappa shape index (κ3) is 4.94. The Morgan fingerprint density at radius 3 is 2.52 bits per heavy atom. The van der Waals surface area contributed by atoms with Gasteiger partial charge in [0.25, 0.3) is 0 Å². The Kier molecular flexibility index (Phi) is 6.52. The predicted octanol–water partition coefficient (Wildman–Crippen LogP) is 3.00. The number of hydrogen-bond donors (Lipinski definition) is 1. The van der Waals surface area contributed by atoms with Crippen LogP contribution in [-0.2, 0) is 14.8 Å². The lowest BCUT2D eigenvalue weighted by atomic mass is 9.97. The molecule has 3 rings (SSSR count). The van der Waals surface area contributed by atoms with Crippen molar-refractivity contribution in [2.24, 2.45) is 5.92 Å². The lowest BCUT2D eigenvalue weighted by Crippen LogP contribution is -2.41. The van der Waals surface area contributed by atoms with Crippen molar-refractivity contribution in [3.8, 4) is 11.8 Å². The van der Waals surface area contributed by atoms with Gasteiger partial charge in [0.2, 0.25) is 15.9 Å². The van der Waals surface area contributed by atoms with Gasteiger partial charge in [0, 0.05) is 24.7 Å². The maximum Gasteiger partial charge on any atom is 0.243 e. The highest BCUT2D eigenvalue weighted by molar-refractivity contribution is 7.89. The molecule has 29 heavy (non-hydrogen) atoms. The molecule has 0 spiro atoms. The van der Waals surface area contributed by atoms with E-state index in [4.69, 9.17) is 10.00 Å². The molecule has 8 heteroatoms. The number of anilines is 1. The van der Waals surface area contributed by atoms with Crippen LogP contribution in [0.15, 0.2) is 53.4 Å². The van der Waals surface area contributed by atoms with Gasteiger partial charge in [0.1, 0.15) is 5.75 Å². The number of ether oxygens (including phenoxy) is 1. The normalized spacial score (nSPS) is 15.4. The van der Waals surface area contributed by atoms with Crippen molar-refractivity contribution in [1.82, 2.24) is 4.31 Å². The van der Waals surface area contributed by atoms with Gasteiger partial charge in [-0.2, -0.15) is 9.57 Å². The SMILES string of the molecule is CCOc1ccc(S(=O)(=O)N2CCC(C(=O)Nc3cccc(C#N)c3)CC2)cc1. The second kappa shape index (κ2) is 9.07. The highest BCUT2D eigenvalue weighted by atomic mass is 32.2. The standard InChI is InChI=1S/C21H23N3O4S/c1-2-28-19-6-8-20(9-7-19)29(26,27)24-12-10-17(11-13-24)21(25)23-18-5-3-4-16(14-18)15-22/h3-9,14,17H,2,10-13H2,1H3,(H,23,25). The van der Waals surface area contributed by atoms with E-state index >= 15 is 0 Å². The smallest absolute Gasteiger partial charge is 0.243 e. The minimum absolute atomic E-state index is 0.154. The van der Waals surface area contributed by atoms with Crippen LogP contribution in [0.5, 0.6) is 5.75 Å². The molecule has 0 unspecified atom stereocenters. The van der Waals surface area contributed by atoms with Crippen LogP contribution in [0.3, 0.4) is 0 Å². The average molecular weight is 413 g/mol. The van der Waals surface area contributed by atoms with Crippen LogP contribution < -0.4 is 10.1 Å². The summed E-state index contributed by atoms with van der Waals surface area (Å²) in [5.74, 6) is 0.202. The Balaban J connectivity index is 1.60. The van der Waals surface area contributed by atoms with Crippen molar-refractivity contribution in [1.29, 1.82) is 5.26 Å². The molecule has 1 N–H and O–H groups in total. The van der Waals surface area contributed by atoms with Gasteiger partial charge in [0.15, 0.2) is 0 Å². The first kappa shape index (κ1) is 20.8. The third-order valence-corrected chi connectivity index (χ3v) is 6.77. The predicted molar refractivity (Wildman–Crippen MR) is 109 cm³/mol. The number of nitriles is 1. The number of amides is 1. The maximum absolute atomic E-state index is 12.8. The molecule has 0 bridgehead atoms. The fourth-order valence-corrected chi connectivity index (χ4v) is 4.76. The first-order valence-corrected chi connectivity index (χ1v) is 10.9. The quantitative estimate of drug-likeness (QED) is 0.785. The van der Waals surface area contributed by atoms with Crippen molar-refractivity contribution >= 4 is 21.6 Å². The number of rotatable bonds is 6. The topological polar surface area (TPSA) is 99.5 Å². The number of piperidine rings is 1. The summed E-state index contributed by atoms with van der Waals surface area (Å²) in [6.45, 7) is 2.95. The van der Waals surface area contributed by atoms with E-state index in [0.717, 1.165) is 0 Å². The molecule has 1 aliphatic heterocycles. The molecule has 1 fully saturated rings. The van der Waals surface area contributed by atoms with E-state index < -0.39 is 10.0 Å². The van der Waals surface area contributed by atoms with Gasteiger partial charge >= 0.3 is 0 Å². The number of carbonyl (C=O) groups is 1. The summed E-state index contributed by atoms with van der Waals surface area (Å²) in [4.78, 5) is 12.7. The summed E-state index contributed by atoms with van der Waals surface area (Å²) in [5.41, 5.74) is 1.04. The highest BCUT2D eigenvalue weighted by Crippen LogP contribution is 2.26. The summed E-state index contributed by atoms with van der Waals surface area (Å²) in [5, 5.41) is 11.8. The van der Waals surface area contributed by atoms with Crippen molar-refractivity contribution in [3.05, 3.63) is 54.1 Å². The summed E-state index contributed by atoms with van der Waals surface area (Å²) in [7, 11) is -3.60. The molecule has 2 aromatic rings. The lowest BCUT2D eigenvalue weighted by molar-refractivity contribution is -0.120. The number of benzene rings is 2. The van der Waals surface area contributed by atoms with Crippen LogP contribution in [0.25, 0.3) is 0 Å². The Bertz CT molecular complexity index is 1000. The van der Waals surface area contributed by atoms with E-state index in [-0.39, 0.29) is 29.8 Å². The van der Waals surface area contributed by atoms with Crippen molar-refractivity contribution in [2.45, 2.75) is 24.7 Å². The van der Waals surface area contributed by atoms with E-state index in [1.165, 1.54) is 4.31 Å². The second-order valence-electron chi connectivity index (χ2n) is 6.76. The van der Waals surface area contributed by atoms with Crippen molar-refractivity contribution < 1.29 is 17.9 Å². The molecule has 0 saturated carbocycles. The van der Waals surface area contributed by atoms with Crippen molar-refractivity contribution in [3.63, 3.8) is 0 Å². The van der Waals surface area contributed by atoms with Crippen LogP contribution in [0.4, 0.5) is 5.69 Å². The van der Waals surface area contributed by atoms with Crippen LogP contribution in [0.1, 0.15) is 25.3 Å². The van der Waals surface area contributed by atoms with Crippen LogP contribution >= 0.6 is 0 Å². The maximum atomic E-state index is 12.8. The Morgan fingerprint density at radius 1 is 1.21 bits per heavy atom. The Morgan fingerprint density at radius 2 is 1.90 bits per heavy atom. The molecule has 1 saturated heterocycles. The molecule has 152 valence electrons. The summed E-state index contributed by atoms with van der Waals surface area (Å²) >= 11 is 0. The molecule has 0 aromatic heterocycles. The molecule has 1 aliphatic rings. The van der Waals surface area contributed by atoms with E-state index in [1.807, 2.05) is 13.0 Å². The summed E-state index contributed by atoms with van der Waals surface area (Å²) < 4.78 is 32.5. The third-order valence-electron chi connectivity index (χ3n) is 4.86. The van der Waals surface area contributed by atoms with Gasteiger partial charge in [-0.05, 0) is 62.2 Å². The van der Waals surface area contributed by atoms with E-state index in [9.17, 15) is 13.2 Å². The van der Waals surface area contributed by atoms with Crippen molar-refractivity contribution in [2.75, 3.05) is 25.0 Å². The zero-order valence-electron chi connectivity index (χ0n) is 16.2. The molecule has 0 aliphatic carbocycles. The van der Waals surface area contributed by atoms with Crippen LogP contribution in [0.2, 0.25) is 0 Å². The van der Waals surface area contributed by atoms with Gasteiger partial charge in [-0.1, -0.05) is 6.07 Å². The highest BCUT2D eigenvalue weighted by Gasteiger charge is 2.32. The zero-order valence-corrected chi connectivity index (χ0v) is 17.0. The molecule has 1 amide bonds. The zero-order chi connectivity index (χ0) is 20.9. The van der Waals surface area contributed by atoms with Gasteiger partial charge in [-0.3, -0.25) is 4.79 Å². The van der Waals surface area contributed by atoms with Gasteiger partial charge in [-0.25, -0.2) is 8.42 Å². The monoisotopic (exact) mass is 413 g/mol. The fraction of sp³-hybridized carbons (Fsp3) is 0.333. The molecule has 1 heterocycles. The van der Waals surface area contributed by atoms with E-state index in [0.29, 0.717) is 36.4 Å². The van der Waals surface area contributed by atoms with Crippen LogP contribution in [0, 0.1) is 17.2 Å². The number of nitrogens with one attached hydrogen (secondary N) is 1. The lowest BCUT2D eigenvalue weighted by Gasteiger charge is -2.30. The Hall–Kier alpha value is -2.89. The number of sulfonamides is 1. The first-order valence-electron chi connectivity index (χ1n) is 9.48. The molecule has 7 nitrogen and oxygen atoms in total. The van der Waals surface area contributed by atoms with E-state index in [1.54, 1.807) is 48.5 Å². The molecule has 2 aromatic carbocycles. The number of carbonyl (C=O) groups excluding carboxylic acids is 1. The minimum atomic E-state index is -3.60. The van der Waals surface area contributed by atoms with Gasteiger partial charge in [0.05, 0.1) is 23.1 Å². The average Bonchev–Trinajstić information content (AvgIpc) is 2.74. The summed E-state index contributed by atoms with van der Waals surface area (Å²) in [6.07, 6.45) is 0.889. The molecular formula is C21H23N3O4S. The Labute approximate surface area is 171 Å². The number of hydrogen-bond acceptors (Lipinski definition) is 5. The largest absolute Gasteiger partial charge is 0.494 e. The molecule has 0 radical (unpaired) electrons. The van der Waals surface area contributed by atoms with Gasteiger partial charge in [-0.15, -0.1) is 0 Å². The van der Waals surface area contributed by atoms with Gasteiger partial charge < -0.3 is 10.1 Å². The number of nitrogens with zero attached hydrogens (tertiary/aromatic N) is 2. The van der Waals surface area contributed by atoms with Crippen LogP contribution in [-0.4, -0.2) is 38.3 Å². The first-order chi connectivity index (χ1) is 13.9. The fourth-order valence-electron chi connectivity index (χ4n) is 3.29. The second-order valence-corrected chi connectivity index (χ2v) is 8.70. The molecular weight excluding hydrogens is 390 g/mol. The van der Waals surface area contributed by atoms with E-state index in [2.05, 4.69) is 5.32 Å².